The van der Waals surface area contributed by atoms with Crippen molar-refractivity contribution in [2.45, 2.75) is 31.2 Å². The maximum absolute atomic E-state index is 12.4. The Morgan fingerprint density at radius 3 is 1.91 bits per heavy atom. The average molecular weight is 464 g/mol. The summed E-state index contributed by atoms with van der Waals surface area (Å²) in [5, 5.41) is 21.7. The Labute approximate surface area is 206 Å². The van der Waals surface area contributed by atoms with Gasteiger partial charge in [0.15, 0.2) is 0 Å². The molecule has 4 heteroatoms. The quantitative estimate of drug-likeness (QED) is 0.347. The van der Waals surface area contributed by atoms with Crippen LogP contribution in [0.4, 0.5) is 0 Å². The van der Waals surface area contributed by atoms with Crippen LogP contribution in [0.15, 0.2) is 115 Å². The summed E-state index contributed by atoms with van der Waals surface area (Å²) in [5.74, 6) is -0.847. The number of hydrogen-bond acceptors (Lipinski definition) is 3. The van der Waals surface area contributed by atoms with Gasteiger partial charge in [-0.2, -0.15) is 0 Å². The normalized spacial score (nSPS) is 21.0. The third-order valence-electron chi connectivity index (χ3n) is 7.02. The van der Waals surface area contributed by atoms with E-state index in [9.17, 15) is 15.0 Å². The third kappa shape index (κ3) is 4.90. The topological polar surface area (TPSA) is 60.8 Å². The molecule has 0 bridgehead atoms. The molecular formula is C31H29NO3. The van der Waals surface area contributed by atoms with Crippen LogP contribution < -0.4 is 0 Å². The predicted octanol–water partition coefficient (Wildman–Crippen LogP) is 6.10. The molecule has 0 aliphatic carbocycles. The van der Waals surface area contributed by atoms with Crippen molar-refractivity contribution in [2.75, 3.05) is 0 Å². The largest absolute Gasteiger partial charge is 0.480 e. The van der Waals surface area contributed by atoms with Gasteiger partial charge in [-0.05, 0) is 46.6 Å². The molecule has 1 saturated heterocycles. The van der Waals surface area contributed by atoms with Crippen molar-refractivity contribution in [3.05, 3.63) is 132 Å². The zero-order valence-corrected chi connectivity index (χ0v) is 19.4. The molecule has 0 saturated carbocycles. The Balaban J connectivity index is 1.50. The minimum absolute atomic E-state index is 0.0548. The molecule has 4 atom stereocenters. The summed E-state index contributed by atoms with van der Waals surface area (Å²) in [6.45, 7) is 0. The van der Waals surface area contributed by atoms with Crippen molar-refractivity contribution >= 4 is 5.97 Å². The molecule has 5 rings (SSSR count). The number of aliphatic carboxylic acids is 1. The molecule has 1 aliphatic rings. The van der Waals surface area contributed by atoms with Crippen molar-refractivity contribution < 1.29 is 15.0 Å². The van der Waals surface area contributed by atoms with Gasteiger partial charge in [-0.15, -0.1) is 0 Å². The van der Waals surface area contributed by atoms with E-state index < -0.39 is 18.2 Å². The van der Waals surface area contributed by atoms with Gasteiger partial charge in [0.1, 0.15) is 12.3 Å². The van der Waals surface area contributed by atoms with Crippen molar-refractivity contribution in [3.8, 4) is 11.1 Å². The van der Waals surface area contributed by atoms with E-state index in [-0.39, 0.29) is 12.0 Å². The zero-order chi connectivity index (χ0) is 24.2. The smallest absolute Gasteiger partial charge is 0.321 e. The number of rotatable bonds is 7. The lowest BCUT2D eigenvalue weighted by atomic mass is 9.87. The molecule has 35 heavy (non-hydrogen) atoms. The number of nitrogens with zero attached hydrogens (tertiary/aromatic N) is 1. The lowest BCUT2D eigenvalue weighted by Gasteiger charge is -2.35. The molecule has 2 N–H and O–H groups in total. The van der Waals surface area contributed by atoms with Crippen LogP contribution in [0.2, 0.25) is 0 Å². The Hall–Kier alpha value is -3.73. The fraction of sp³-hybridized carbons (Fsp3) is 0.194. The summed E-state index contributed by atoms with van der Waals surface area (Å²) in [7, 11) is 0. The molecule has 4 aromatic rings. The molecule has 0 spiro atoms. The van der Waals surface area contributed by atoms with Crippen LogP contribution in [0.5, 0.6) is 0 Å². The molecule has 3 unspecified atom stereocenters. The number of aliphatic hydroxyl groups excluding tert-OH is 1. The first-order valence-electron chi connectivity index (χ1n) is 12.0. The number of aliphatic hydroxyl groups is 1. The molecule has 0 aromatic heterocycles. The molecule has 0 radical (unpaired) electrons. The van der Waals surface area contributed by atoms with E-state index >= 15 is 0 Å². The van der Waals surface area contributed by atoms with Crippen molar-refractivity contribution in [1.82, 2.24) is 4.90 Å². The van der Waals surface area contributed by atoms with Gasteiger partial charge in [0, 0.05) is 6.04 Å². The van der Waals surface area contributed by atoms with Crippen LogP contribution in [-0.2, 0) is 11.2 Å². The van der Waals surface area contributed by atoms with Gasteiger partial charge in [-0.3, -0.25) is 9.69 Å². The number of carboxylic acids is 1. The number of carbonyl (C=O) groups is 1. The fourth-order valence-electron chi connectivity index (χ4n) is 5.38. The second kappa shape index (κ2) is 10.3. The second-order valence-corrected chi connectivity index (χ2v) is 9.20. The minimum atomic E-state index is -1.04. The standard InChI is InChI=1S/C31H29NO3/c33-30(26-18-16-24(17-19-26)23-12-6-2-7-13-23)32-28(31(34)35)21-27(20-22-10-4-1-5-11-22)29(32)25-14-8-3-9-15-25/h1-19,27-30,33H,20-21H2,(H,34,35)/t27?,28-,29?,30?/m0/s1. The van der Waals surface area contributed by atoms with Crippen LogP contribution in [0, 0.1) is 5.92 Å². The summed E-state index contributed by atoms with van der Waals surface area (Å²) >= 11 is 0. The molecule has 1 fully saturated rings. The van der Waals surface area contributed by atoms with E-state index in [0.717, 1.165) is 23.1 Å². The van der Waals surface area contributed by atoms with Crippen molar-refractivity contribution in [2.24, 2.45) is 5.92 Å². The maximum Gasteiger partial charge on any atom is 0.321 e. The summed E-state index contributed by atoms with van der Waals surface area (Å²) in [5.41, 5.74) is 5.04. The molecule has 1 heterocycles. The highest BCUT2D eigenvalue weighted by atomic mass is 16.4. The van der Waals surface area contributed by atoms with Crippen LogP contribution in [0.1, 0.15) is 35.4 Å². The first-order valence-corrected chi connectivity index (χ1v) is 12.0. The van der Waals surface area contributed by atoms with Gasteiger partial charge in [-0.25, -0.2) is 0 Å². The second-order valence-electron chi connectivity index (χ2n) is 9.20. The number of likely N-dealkylation sites (tertiary alicyclic amines) is 1. The van der Waals surface area contributed by atoms with Crippen LogP contribution in [0.3, 0.4) is 0 Å². The molecule has 4 nitrogen and oxygen atoms in total. The van der Waals surface area contributed by atoms with Crippen molar-refractivity contribution in [1.29, 1.82) is 0 Å². The van der Waals surface area contributed by atoms with E-state index in [1.807, 2.05) is 103 Å². The lowest BCUT2D eigenvalue weighted by molar-refractivity contribution is -0.148. The Morgan fingerprint density at radius 1 is 0.771 bits per heavy atom. The highest BCUT2D eigenvalue weighted by Gasteiger charge is 2.48. The minimum Gasteiger partial charge on any atom is -0.480 e. The number of hydrogen-bond donors (Lipinski definition) is 2. The first-order chi connectivity index (χ1) is 17.1. The van der Waals surface area contributed by atoms with Gasteiger partial charge in [0.2, 0.25) is 0 Å². The maximum atomic E-state index is 12.4. The molecule has 4 aromatic carbocycles. The van der Waals surface area contributed by atoms with Crippen LogP contribution >= 0.6 is 0 Å². The molecule has 0 amide bonds. The van der Waals surface area contributed by atoms with Crippen LogP contribution in [-0.4, -0.2) is 27.1 Å². The average Bonchev–Trinajstić information content (AvgIpc) is 3.29. The summed E-state index contributed by atoms with van der Waals surface area (Å²) in [6.07, 6.45) is 0.190. The van der Waals surface area contributed by atoms with Gasteiger partial charge in [-0.1, -0.05) is 115 Å². The van der Waals surface area contributed by atoms with E-state index in [0.29, 0.717) is 12.0 Å². The molecule has 1 aliphatic heterocycles. The van der Waals surface area contributed by atoms with Crippen LogP contribution in [0.25, 0.3) is 11.1 Å². The fourth-order valence-corrected chi connectivity index (χ4v) is 5.38. The SMILES string of the molecule is O=C(O)[C@@H]1CC(Cc2ccccc2)C(c2ccccc2)N1C(O)c1ccc(-c2ccccc2)cc1. The Morgan fingerprint density at radius 2 is 1.31 bits per heavy atom. The van der Waals surface area contributed by atoms with E-state index in [1.165, 1.54) is 5.56 Å². The Bertz CT molecular complexity index is 1240. The number of benzene rings is 4. The van der Waals surface area contributed by atoms with E-state index in [4.69, 9.17) is 0 Å². The van der Waals surface area contributed by atoms with Crippen molar-refractivity contribution in [3.63, 3.8) is 0 Å². The third-order valence-corrected chi connectivity index (χ3v) is 7.02. The van der Waals surface area contributed by atoms with Gasteiger partial charge in [0.05, 0.1) is 0 Å². The summed E-state index contributed by atoms with van der Waals surface area (Å²) in [6, 6.07) is 37.0. The van der Waals surface area contributed by atoms with Gasteiger partial charge < -0.3 is 10.2 Å². The molecule has 176 valence electrons. The summed E-state index contributed by atoms with van der Waals surface area (Å²) in [4.78, 5) is 14.2. The predicted molar refractivity (Wildman–Crippen MR) is 138 cm³/mol. The Kier molecular flexibility index (Phi) is 6.75. The lowest BCUT2D eigenvalue weighted by Crippen LogP contribution is -2.40. The highest BCUT2D eigenvalue weighted by molar-refractivity contribution is 5.74. The van der Waals surface area contributed by atoms with Gasteiger partial charge in [0.25, 0.3) is 0 Å². The highest BCUT2D eigenvalue weighted by Crippen LogP contribution is 2.46. The van der Waals surface area contributed by atoms with E-state index in [1.54, 1.807) is 4.90 Å². The van der Waals surface area contributed by atoms with Gasteiger partial charge >= 0.3 is 5.97 Å². The number of carboxylic acid groups (broad SMARTS) is 1. The molecular weight excluding hydrogens is 434 g/mol. The summed E-state index contributed by atoms with van der Waals surface area (Å²) < 4.78 is 0. The monoisotopic (exact) mass is 463 g/mol. The van der Waals surface area contributed by atoms with E-state index in [2.05, 4.69) is 12.1 Å². The zero-order valence-electron chi connectivity index (χ0n) is 19.4. The first kappa shape index (κ1) is 23.0.